The van der Waals surface area contributed by atoms with E-state index in [1.165, 1.54) is 22.2 Å². The largest absolute Gasteiger partial charge is 0.386 e. The van der Waals surface area contributed by atoms with E-state index in [0.717, 1.165) is 6.42 Å². The smallest absolute Gasteiger partial charge is 0.204 e. The molecule has 0 radical (unpaired) electrons. The van der Waals surface area contributed by atoms with E-state index in [1.807, 2.05) is 0 Å². The van der Waals surface area contributed by atoms with Crippen molar-refractivity contribution in [2.45, 2.75) is 96.4 Å². The summed E-state index contributed by atoms with van der Waals surface area (Å²) >= 11 is 0. The normalized spacial score (nSPS) is 20.9. The number of benzene rings is 2. The zero-order chi connectivity index (χ0) is 25.4. The van der Waals surface area contributed by atoms with Gasteiger partial charge in [-0.25, -0.2) is 0 Å². The van der Waals surface area contributed by atoms with E-state index < -0.39 is 14.1 Å². The number of rotatable bonds is 8. The van der Waals surface area contributed by atoms with Gasteiger partial charge in [0.05, 0.1) is 12.1 Å². The second-order valence-corrected chi connectivity index (χ2v) is 16.7. The molecule has 1 aromatic heterocycles. The van der Waals surface area contributed by atoms with Crippen LogP contribution in [0, 0.1) is 0 Å². The van der Waals surface area contributed by atoms with E-state index in [4.69, 9.17) is 9.16 Å². The Kier molecular flexibility index (Phi) is 7.47. The maximum atomic E-state index is 7.52. The molecule has 3 aromatic rings. The van der Waals surface area contributed by atoms with Crippen molar-refractivity contribution in [1.29, 1.82) is 0 Å². The number of fused-ring (bicyclic) bond motifs is 3. The molecular weight excluding hydrogens is 446 g/mol. The van der Waals surface area contributed by atoms with Gasteiger partial charge >= 0.3 is 0 Å². The van der Waals surface area contributed by atoms with Gasteiger partial charge in [0, 0.05) is 23.0 Å². The average molecular weight is 490 g/mol. The molecule has 0 amide bonds. The van der Waals surface area contributed by atoms with Crippen LogP contribution < -0.4 is 0 Å². The molecule has 0 spiro atoms. The number of hydrogen-bond donors (Lipinski definition) is 0. The molecule has 4 heteroatoms. The van der Waals surface area contributed by atoms with E-state index in [2.05, 4.69) is 133 Å². The second-order valence-electron chi connectivity index (χ2n) is 11.4. The molecule has 188 valence electrons. The maximum Gasteiger partial charge on any atom is 0.204 e. The van der Waals surface area contributed by atoms with Gasteiger partial charge in [0.15, 0.2) is 5.79 Å². The van der Waals surface area contributed by atoms with E-state index in [-0.39, 0.29) is 12.1 Å². The third kappa shape index (κ3) is 4.81. The molecule has 2 heterocycles. The van der Waals surface area contributed by atoms with Gasteiger partial charge in [-0.2, -0.15) is 0 Å². The first-order valence-electron chi connectivity index (χ1n) is 13.3. The lowest BCUT2D eigenvalue weighted by atomic mass is 9.98. The van der Waals surface area contributed by atoms with Crippen molar-refractivity contribution in [3.63, 3.8) is 0 Å². The summed E-state index contributed by atoms with van der Waals surface area (Å²) in [7, 11) is -2.23. The summed E-state index contributed by atoms with van der Waals surface area (Å²) < 4.78 is 16.8. The predicted octanol–water partition coefficient (Wildman–Crippen LogP) is 8.96. The van der Waals surface area contributed by atoms with Crippen LogP contribution >= 0.6 is 0 Å². The first kappa shape index (κ1) is 25.9. The minimum absolute atomic E-state index is 0.0449. The highest BCUT2D eigenvalue weighted by atomic mass is 28.4. The summed E-state index contributed by atoms with van der Waals surface area (Å²) in [6.07, 6.45) is 5.25. The molecule has 0 aliphatic carbocycles. The van der Waals surface area contributed by atoms with Crippen LogP contribution in [0.25, 0.3) is 17.0 Å². The summed E-state index contributed by atoms with van der Waals surface area (Å²) in [5, 5.41) is 1.27. The lowest BCUT2D eigenvalue weighted by molar-refractivity contribution is -0.185. The predicted molar refractivity (Wildman–Crippen MR) is 151 cm³/mol. The molecule has 4 rings (SSSR count). The average Bonchev–Trinajstić information content (AvgIpc) is 3.10. The summed E-state index contributed by atoms with van der Waals surface area (Å²) in [5.74, 6) is -0.792. The van der Waals surface area contributed by atoms with Crippen LogP contribution in [0.15, 0.2) is 66.7 Å². The maximum absolute atomic E-state index is 7.52. The third-order valence-electron chi connectivity index (χ3n) is 7.75. The van der Waals surface area contributed by atoms with Crippen molar-refractivity contribution in [2.75, 3.05) is 0 Å². The first-order valence-corrected chi connectivity index (χ1v) is 15.5. The van der Waals surface area contributed by atoms with E-state index in [0.29, 0.717) is 16.6 Å². The van der Waals surface area contributed by atoms with Crippen molar-refractivity contribution in [1.82, 2.24) is 4.57 Å². The second kappa shape index (κ2) is 10.1. The minimum Gasteiger partial charge on any atom is -0.386 e. The van der Waals surface area contributed by atoms with Gasteiger partial charge in [-0.05, 0) is 60.3 Å². The van der Waals surface area contributed by atoms with Gasteiger partial charge in [-0.3, -0.25) is 0 Å². The van der Waals surface area contributed by atoms with E-state index in [9.17, 15) is 0 Å². The van der Waals surface area contributed by atoms with Crippen LogP contribution in [0.4, 0.5) is 0 Å². The summed E-state index contributed by atoms with van der Waals surface area (Å²) in [4.78, 5) is 0. The topological polar surface area (TPSA) is 23.4 Å². The molecule has 0 saturated heterocycles. The molecule has 1 aliphatic heterocycles. The molecule has 2 atom stereocenters. The van der Waals surface area contributed by atoms with Gasteiger partial charge < -0.3 is 13.7 Å². The highest BCUT2D eigenvalue weighted by molar-refractivity contribution is 6.77. The van der Waals surface area contributed by atoms with Gasteiger partial charge in [0.2, 0.25) is 8.32 Å². The van der Waals surface area contributed by atoms with Crippen LogP contribution in [-0.4, -0.2) is 24.8 Å². The fourth-order valence-corrected chi connectivity index (χ4v) is 12.0. The molecule has 2 aromatic carbocycles. The number of ether oxygens (including phenoxy) is 1. The van der Waals surface area contributed by atoms with Crippen molar-refractivity contribution < 1.29 is 9.16 Å². The summed E-state index contributed by atoms with van der Waals surface area (Å²) in [6, 6.07) is 21.9. The van der Waals surface area contributed by atoms with Crippen LogP contribution in [0.1, 0.15) is 79.1 Å². The van der Waals surface area contributed by atoms with Crippen LogP contribution in [0.3, 0.4) is 0 Å². The lowest BCUT2D eigenvalue weighted by Crippen LogP contribution is -2.55. The number of aromatic nitrogens is 1. The number of nitrogens with zero attached hydrogens (tertiary/aromatic N) is 1. The minimum atomic E-state index is -2.23. The molecule has 0 saturated carbocycles. The zero-order valence-electron chi connectivity index (χ0n) is 22.8. The third-order valence-corrected chi connectivity index (χ3v) is 13.9. The summed E-state index contributed by atoms with van der Waals surface area (Å²) in [6.45, 7) is 18.3. The quantitative estimate of drug-likeness (QED) is 0.233. The molecule has 1 aliphatic rings. The van der Waals surface area contributed by atoms with Crippen LogP contribution in [0.2, 0.25) is 16.6 Å². The Morgan fingerprint density at radius 2 is 1.43 bits per heavy atom. The standard InChI is InChI=1S/C31H43NO2Si/c1-22(2)33-31(34-35(23(3)4,24(5)6)25(7)8)19-18-28-20-27-16-12-13-17-29(27)32(28)30(21-31)26-14-10-9-11-15-26/h9-20,22-25,30H,21H2,1-8H3. The van der Waals surface area contributed by atoms with Gasteiger partial charge in [0.25, 0.3) is 0 Å². The van der Waals surface area contributed by atoms with Crippen molar-refractivity contribution in [2.24, 2.45) is 0 Å². The monoisotopic (exact) mass is 489 g/mol. The van der Waals surface area contributed by atoms with Crippen molar-refractivity contribution >= 4 is 25.3 Å². The van der Waals surface area contributed by atoms with Crippen molar-refractivity contribution in [3.05, 3.63) is 78.0 Å². The first-order chi connectivity index (χ1) is 16.6. The van der Waals surface area contributed by atoms with Crippen molar-refractivity contribution in [3.8, 4) is 0 Å². The fraction of sp³-hybridized carbons (Fsp3) is 0.484. The van der Waals surface area contributed by atoms with Gasteiger partial charge in [-0.1, -0.05) is 90.1 Å². The van der Waals surface area contributed by atoms with Gasteiger partial charge in [-0.15, -0.1) is 0 Å². The Balaban J connectivity index is 1.93. The Hall–Kier alpha value is -2.14. The van der Waals surface area contributed by atoms with E-state index in [1.54, 1.807) is 0 Å². The molecule has 2 unspecified atom stereocenters. The van der Waals surface area contributed by atoms with Crippen LogP contribution in [0.5, 0.6) is 0 Å². The molecule has 35 heavy (non-hydrogen) atoms. The lowest BCUT2D eigenvalue weighted by Gasteiger charge is -2.49. The Labute approximate surface area is 213 Å². The number of hydrogen-bond acceptors (Lipinski definition) is 2. The Bertz CT molecular complexity index is 1140. The molecule has 0 bridgehead atoms. The van der Waals surface area contributed by atoms with E-state index >= 15 is 0 Å². The number of para-hydroxylation sites is 1. The molecule has 0 fully saturated rings. The molecular formula is C31H43NO2Si. The fourth-order valence-electron chi connectivity index (χ4n) is 6.50. The Morgan fingerprint density at radius 1 is 0.829 bits per heavy atom. The Morgan fingerprint density at radius 3 is 2.03 bits per heavy atom. The van der Waals surface area contributed by atoms with Gasteiger partial charge in [0.1, 0.15) is 0 Å². The van der Waals surface area contributed by atoms with Crippen LogP contribution in [-0.2, 0) is 9.16 Å². The molecule has 3 nitrogen and oxygen atoms in total. The zero-order valence-corrected chi connectivity index (χ0v) is 23.8. The molecule has 0 N–H and O–H groups in total. The summed E-state index contributed by atoms with van der Waals surface area (Å²) in [5.41, 5.74) is 5.15. The SMILES string of the molecule is CC(C)OC1(O[Si](C(C)C)(C(C)C)C(C)C)C=Cc2cc3ccccc3n2C(c2ccccc2)C1. The highest BCUT2D eigenvalue weighted by Gasteiger charge is 2.52. The highest BCUT2D eigenvalue weighted by Crippen LogP contribution is 2.49.